The van der Waals surface area contributed by atoms with Crippen molar-refractivity contribution in [3.8, 4) is 0 Å². The topological polar surface area (TPSA) is 75.8 Å². The van der Waals surface area contributed by atoms with E-state index in [1.165, 1.54) is 4.90 Å². The van der Waals surface area contributed by atoms with Gasteiger partial charge in [0.05, 0.1) is 0 Å². The van der Waals surface area contributed by atoms with Crippen molar-refractivity contribution >= 4 is 6.09 Å². The molecule has 1 aliphatic carbocycles. The molecule has 0 unspecified atom stereocenters. The van der Waals surface area contributed by atoms with Gasteiger partial charge < -0.3 is 9.94 Å². The molecule has 0 bridgehead atoms. The van der Waals surface area contributed by atoms with Crippen molar-refractivity contribution in [3.05, 3.63) is 0 Å². The number of amides is 1. The zero-order chi connectivity index (χ0) is 12.4. The Hall–Kier alpha value is -0.810. The van der Waals surface area contributed by atoms with Crippen LogP contribution < -0.4 is 5.90 Å². The fourth-order valence-corrected chi connectivity index (χ4v) is 2.46. The molecule has 0 aliphatic heterocycles. The fourth-order valence-electron chi connectivity index (χ4n) is 2.46. The lowest BCUT2D eigenvalue weighted by Gasteiger charge is -2.47. The zero-order valence-corrected chi connectivity index (χ0v) is 10.3. The molecule has 0 radical (unpaired) electrons. The Balaban J connectivity index is 2.95. The second kappa shape index (κ2) is 4.59. The first kappa shape index (κ1) is 13.3. The highest BCUT2D eigenvalue weighted by atomic mass is 16.7. The van der Waals surface area contributed by atoms with Crippen LogP contribution in [0.5, 0.6) is 0 Å². The SMILES string of the molecule is CC(C)(C)N(C(=O)ON)C1(O)CCCCC1. The number of nitrogens with two attached hydrogens (primary N) is 1. The lowest BCUT2D eigenvalue weighted by molar-refractivity contribution is -0.150. The van der Waals surface area contributed by atoms with Gasteiger partial charge in [-0.1, -0.05) is 6.42 Å². The molecule has 0 aromatic carbocycles. The minimum atomic E-state index is -1.12. The summed E-state index contributed by atoms with van der Waals surface area (Å²) in [6.07, 6.45) is 3.43. The second-order valence-corrected chi connectivity index (χ2v) is 5.43. The number of rotatable bonds is 1. The highest BCUT2D eigenvalue weighted by Crippen LogP contribution is 2.36. The summed E-state index contributed by atoms with van der Waals surface area (Å²) < 4.78 is 0. The van der Waals surface area contributed by atoms with E-state index in [0.29, 0.717) is 12.8 Å². The molecule has 3 N–H and O–H groups in total. The monoisotopic (exact) mass is 230 g/mol. The molecule has 5 nitrogen and oxygen atoms in total. The van der Waals surface area contributed by atoms with E-state index < -0.39 is 17.4 Å². The second-order valence-electron chi connectivity index (χ2n) is 5.43. The van der Waals surface area contributed by atoms with Crippen LogP contribution in [0.15, 0.2) is 0 Å². The molecule has 0 atom stereocenters. The Morgan fingerprint density at radius 3 is 2.19 bits per heavy atom. The molecule has 0 aromatic heterocycles. The van der Waals surface area contributed by atoms with Crippen LogP contribution >= 0.6 is 0 Å². The maximum Gasteiger partial charge on any atom is 0.431 e. The maximum atomic E-state index is 11.7. The van der Waals surface area contributed by atoms with Crippen LogP contribution in [0.4, 0.5) is 4.79 Å². The predicted octanol–water partition coefficient (Wildman–Crippen LogP) is 1.75. The van der Waals surface area contributed by atoms with E-state index in [0.717, 1.165) is 19.3 Å². The third kappa shape index (κ3) is 2.65. The molecule has 1 saturated carbocycles. The summed E-state index contributed by atoms with van der Waals surface area (Å²) in [7, 11) is 0. The van der Waals surface area contributed by atoms with Crippen molar-refractivity contribution in [3.63, 3.8) is 0 Å². The van der Waals surface area contributed by atoms with Gasteiger partial charge in [0.25, 0.3) is 0 Å². The summed E-state index contributed by atoms with van der Waals surface area (Å²) in [6.45, 7) is 5.57. The highest BCUT2D eigenvalue weighted by molar-refractivity contribution is 5.69. The van der Waals surface area contributed by atoms with E-state index in [9.17, 15) is 9.90 Å². The Kier molecular flexibility index (Phi) is 3.80. The van der Waals surface area contributed by atoms with Gasteiger partial charge in [0, 0.05) is 5.54 Å². The summed E-state index contributed by atoms with van der Waals surface area (Å²) in [5.74, 6) is 4.93. The number of hydrogen-bond acceptors (Lipinski definition) is 4. The van der Waals surface area contributed by atoms with Crippen molar-refractivity contribution in [2.75, 3.05) is 0 Å². The molecule has 16 heavy (non-hydrogen) atoms. The molecule has 0 aromatic rings. The molecule has 94 valence electrons. The Morgan fingerprint density at radius 1 is 1.31 bits per heavy atom. The van der Waals surface area contributed by atoms with Gasteiger partial charge >= 0.3 is 6.09 Å². The van der Waals surface area contributed by atoms with Crippen LogP contribution in [0.3, 0.4) is 0 Å². The fraction of sp³-hybridized carbons (Fsp3) is 0.909. The third-order valence-corrected chi connectivity index (χ3v) is 3.02. The minimum absolute atomic E-state index is 0.511. The van der Waals surface area contributed by atoms with E-state index >= 15 is 0 Å². The van der Waals surface area contributed by atoms with Gasteiger partial charge in [-0.3, -0.25) is 4.90 Å². The van der Waals surface area contributed by atoms with E-state index in [-0.39, 0.29) is 0 Å². The van der Waals surface area contributed by atoms with E-state index in [2.05, 4.69) is 4.84 Å². The van der Waals surface area contributed by atoms with Crippen molar-refractivity contribution in [1.82, 2.24) is 4.90 Å². The summed E-state index contributed by atoms with van der Waals surface area (Å²) in [5, 5.41) is 10.5. The van der Waals surface area contributed by atoms with E-state index in [1.54, 1.807) is 0 Å². The number of hydrogen-bond donors (Lipinski definition) is 2. The molecular weight excluding hydrogens is 208 g/mol. The molecule has 0 heterocycles. The summed E-state index contributed by atoms with van der Waals surface area (Å²) in [5.41, 5.74) is -1.63. The molecule has 0 spiro atoms. The van der Waals surface area contributed by atoms with Gasteiger partial charge in [0.2, 0.25) is 0 Å². The van der Waals surface area contributed by atoms with Gasteiger partial charge in [0.1, 0.15) is 5.72 Å². The van der Waals surface area contributed by atoms with E-state index in [4.69, 9.17) is 5.90 Å². The van der Waals surface area contributed by atoms with E-state index in [1.807, 2.05) is 20.8 Å². The molecular formula is C11H22N2O3. The van der Waals surface area contributed by atoms with Crippen LogP contribution in [-0.4, -0.2) is 27.4 Å². The molecule has 1 aliphatic rings. The largest absolute Gasteiger partial charge is 0.431 e. The Bertz CT molecular complexity index is 254. The summed E-state index contributed by atoms with van der Waals surface area (Å²) in [6, 6.07) is 0. The standard InChI is InChI=1S/C11H22N2O3/c1-10(2,3)13(9(14)16-12)11(15)7-5-4-6-8-11/h15H,4-8,12H2,1-3H3. The number of nitrogens with zero attached hydrogens (tertiary/aromatic N) is 1. The van der Waals surface area contributed by atoms with Gasteiger partial charge in [-0.15, -0.1) is 0 Å². The van der Waals surface area contributed by atoms with Crippen molar-refractivity contribution in [2.24, 2.45) is 5.90 Å². The summed E-state index contributed by atoms with van der Waals surface area (Å²) >= 11 is 0. The average molecular weight is 230 g/mol. The number of carbonyl (C=O) groups excluding carboxylic acids is 1. The zero-order valence-electron chi connectivity index (χ0n) is 10.3. The Labute approximate surface area is 96.5 Å². The third-order valence-electron chi connectivity index (χ3n) is 3.02. The van der Waals surface area contributed by atoms with Crippen LogP contribution in [-0.2, 0) is 4.84 Å². The quantitative estimate of drug-likeness (QED) is 0.531. The normalized spacial score (nSPS) is 20.3. The number of aliphatic hydroxyl groups is 1. The van der Waals surface area contributed by atoms with Crippen molar-refractivity contribution < 1.29 is 14.7 Å². The summed E-state index contributed by atoms with van der Waals surface area (Å²) in [4.78, 5) is 17.3. The highest BCUT2D eigenvalue weighted by Gasteiger charge is 2.45. The van der Waals surface area contributed by atoms with Crippen LogP contribution in [0.2, 0.25) is 0 Å². The molecule has 1 rings (SSSR count). The van der Waals surface area contributed by atoms with Gasteiger partial charge in [0.15, 0.2) is 0 Å². The lowest BCUT2D eigenvalue weighted by Crippen LogP contribution is -2.61. The lowest BCUT2D eigenvalue weighted by atomic mass is 9.87. The molecule has 1 amide bonds. The molecule has 1 fully saturated rings. The van der Waals surface area contributed by atoms with Gasteiger partial charge in [-0.25, -0.2) is 4.79 Å². The van der Waals surface area contributed by atoms with Crippen molar-refractivity contribution in [1.29, 1.82) is 0 Å². The predicted molar refractivity (Wildman–Crippen MR) is 60.3 cm³/mol. The molecule has 5 heteroatoms. The maximum absolute atomic E-state index is 11.7. The Morgan fingerprint density at radius 2 is 1.81 bits per heavy atom. The van der Waals surface area contributed by atoms with Crippen LogP contribution in [0.25, 0.3) is 0 Å². The van der Waals surface area contributed by atoms with Gasteiger partial charge in [-0.2, -0.15) is 5.90 Å². The average Bonchev–Trinajstić information content (AvgIpc) is 2.16. The first-order valence-electron chi connectivity index (χ1n) is 5.75. The molecule has 0 saturated heterocycles. The first-order chi connectivity index (χ1) is 7.31. The van der Waals surface area contributed by atoms with Crippen molar-refractivity contribution in [2.45, 2.75) is 64.1 Å². The number of carbonyl (C=O) groups is 1. The smallest absolute Gasteiger partial charge is 0.371 e. The van der Waals surface area contributed by atoms with Gasteiger partial charge in [-0.05, 0) is 46.5 Å². The van der Waals surface area contributed by atoms with Crippen LogP contribution in [0, 0.1) is 0 Å². The van der Waals surface area contributed by atoms with Crippen LogP contribution in [0.1, 0.15) is 52.9 Å². The minimum Gasteiger partial charge on any atom is -0.371 e. The first-order valence-corrected chi connectivity index (χ1v) is 5.75.